The van der Waals surface area contributed by atoms with Crippen LogP contribution in [0.5, 0.6) is 17.2 Å². The summed E-state index contributed by atoms with van der Waals surface area (Å²) in [7, 11) is -0.989. The third kappa shape index (κ3) is 3.19. The molecule has 21 heavy (non-hydrogen) atoms. The van der Waals surface area contributed by atoms with Crippen LogP contribution in [0.1, 0.15) is 0 Å². The first-order chi connectivity index (χ1) is 9.97. The lowest BCUT2D eigenvalue weighted by Gasteiger charge is -2.13. The van der Waals surface area contributed by atoms with E-state index in [0.717, 1.165) is 0 Å². The lowest BCUT2D eigenvalue weighted by atomic mass is 10.2. The van der Waals surface area contributed by atoms with E-state index in [2.05, 4.69) is 4.72 Å². The van der Waals surface area contributed by atoms with Gasteiger partial charge in [-0.15, -0.1) is 0 Å². The van der Waals surface area contributed by atoms with Crippen molar-refractivity contribution in [1.29, 1.82) is 0 Å². The second-order valence-electron chi connectivity index (χ2n) is 4.15. The molecule has 112 valence electrons. The quantitative estimate of drug-likeness (QED) is 0.827. The first-order valence-electron chi connectivity index (χ1n) is 6.01. The Morgan fingerprint density at radius 2 is 1.52 bits per heavy atom. The first kappa shape index (κ1) is 15.0. The van der Waals surface area contributed by atoms with Gasteiger partial charge in [-0.05, 0) is 12.1 Å². The van der Waals surface area contributed by atoms with E-state index in [4.69, 9.17) is 9.47 Å². The number of benzene rings is 2. The molecule has 0 radical (unpaired) electrons. The molecule has 0 fully saturated rings. The van der Waals surface area contributed by atoms with Gasteiger partial charge in [0.1, 0.15) is 0 Å². The molecule has 7 heteroatoms. The maximum absolute atomic E-state index is 12.2. The van der Waals surface area contributed by atoms with Crippen molar-refractivity contribution in [3.63, 3.8) is 0 Å². The molecular formula is C14H15NO5S. The van der Waals surface area contributed by atoms with Crippen LogP contribution in [0.2, 0.25) is 0 Å². The summed E-state index contributed by atoms with van der Waals surface area (Å²) in [4.78, 5) is 0.135. The van der Waals surface area contributed by atoms with E-state index in [1.807, 2.05) is 0 Å². The van der Waals surface area contributed by atoms with Crippen molar-refractivity contribution < 1.29 is 23.0 Å². The molecule has 0 aliphatic heterocycles. The zero-order valence-corrected chi connectivity index (χ0v) is 12.3. The van der Waals surface area contributed by atoms with Crippen molar-refractivity contribution in [2.45, 2.75) is 4.90 Å². The van der Waals surface area contributed by atoms with Gasteiger partial charge in [0.2, 0.25) is 5.75 Å². The topological polar surface area (TPSA) is 84.9 Å². The van der Waals surface area contributed by atoms with Crippen LogP contribution in [0.4, 0.5) is 5.69 Å². The normalized spacial score (nSPS) is 11.0. The second-order valence-corrected chi connectivity index (χ2v) is 5.83. The van der Waals surface area contributed by atoms with E-state index < -0.39 is 10.0 Å². The van der Waals surface area contributed by atoms with Crippen molar-refractivity contribution in [2.24, 2.45) is 0 Å². The average Bonchev–Trinajstić information content (AvgIpc) is 2.49. The van der Waals surface area contributed by atoms with E-state index in [0.29, 0.717) is 0 Å². The maximum atomic E-state index is 12.2. The molecule has 0 aliphatic rings. The molecule has 0 aromatic heterocycles. The van der Waals surface area contributed by atoms with E-state index >= 15 is 0 Å². The second kappa shape index (κ2) is 5.92. The minimum atomic E-state index is -3.72. The number of anilines is 1. The highest BCUT2D eigenvalue weighted by molar-refractivity contribution is 7.92. The number of aromatic hydroxyl groups is 1. The third-order valence-electron chi connectivity index (χ3n) is 2.79. The van der Waals surface area contributed by atoms with Crippen LogP contribution in [0, 0.1) is 0 Å². The van der Waals surface area contributed by atoms with E-state index in [-0.39, 0.29) is 27.8 Å². The summed E-state index contributed by atoms with van der Waals surface area (Å²) in [5.41, 5.74) is 0.227. The number of methoxy groups -OCH3 is 2. The van der Waals surface area contributed by atoms with Crippen LogP contribution in [0.15, 0.2) is 47.4 Å². The van der Waals surface area contributed by atoms with Crippen LogP contribution in [0.25, 0.3) is 0 Å². The fourth-order valence-corrected chi connectivity index (χ4v) is 2.83. The van der Waals surface area contributed by atoms with Gasteiger partial charge >= 0.3 is 0 Å². The Kier molecular flexibility index (Phi) is 4.23. The Morgan fingerprint density at radius 1 is 1.00 bits per heavy atom. The molecule has 2 aromatic carbocycles. The Hall–Kier alpha value is -2.41. The van der Waals surface area contributed by atoms with Crippen LogP contribution >= 0.6 is 0 Å². The largest absolute Gasteiger partial charge is 0.502 e. The number of hydrogen-bond acceptors (Lipinski definition) is 5. The van der Waals surface area contributed by atoms with Gasteiger partial charge in [-0.3, -0.25) is 4.72 Å². The van der Waals surface area contributed by atoms with Crippen LogP contribution < -0.4 is 14.2 Å². The number of ether oxygens (including phenoxy) is 2. The summed E-state index contributed by atoms with van der Waals surface area (Å²) in [6.07, 6.45) is 0. The van der Waals surface area contributed by atoms with Gasteiger partial charge < -0.3 is 14.6 Å². The highest BCUT2D eigenvalue weighted by atomic mass is 32.2. The van der Waals surface area contributed by atoms with E-state index in [1.54, 1.807) is 18.2 Å². The standard InChI is InChI=1S/C14H15NO5S/c1-19-12-8-10(9-13(20-2)14(12)16)15-21(17,18)11-6-4-3-5-7-11/h3-9,15-16H,1-2H3. The maximum Gasteiger partial charge on any atom is 0.261 e. The van der Waals surface area contributed by atoms with Crippen LogP contribution in [0.3, 0.4) is 0 Å². The summed E-state index contributed by atoms with van der Waals surface area (Å²) in [5, 5.41) is 9.80. The summed E-state index contributed by atoms with van der Waals surface area (Å²) in [6.45, 7) is 0. The summed E-state index contributed by atoms with van der Waals surface area (Å²) in [5.74, 6) is 0.0304. The van der Waals surface area contributed by atoms with Crippen molar-refractivity contribution >= 4 is 15.7 Å². The van der Waals surface area contributed by atoms with Gasteiger partial charge in [-0.25, -0.2) is 8.42 Å². The first-order valence-corrected chi connectivity index (χ1v) is 7.49. The van der Waals surface area contributed by atoms with E-state index in [9.17, 15) is 13.5 Å². The molecule has 0 atom stereocenters. The van der Waals surface area contributed by atoms with E-state index in [1.165, 1.54) is 38.5 Å². The minimum absolute atomic E-state index is 0.111. The number of hydrogen-bond donors (Lipinski definition) is 2. The van der Waals surface area contributed by atoms with Gasteiger partial charge in [0.05, 0.1) is 24.8 Å². The van der Waals surface area contributed by atoms with Crippen molar-refractivity contribution in [2.75, 3.05) is 18.9 Å². The molecule has 0 spiro atoms. The zero-order valence-electron chi connectivity index (χ0n) is 11.5. The van der Waals surface area contributed by atoms with Crippen molar-refractivity contribution in [3.8, 4) is 17.2 Å². The summed E-state index contributed by atoms with van der Waals surface area (Å²) < 4.78 is 36.8. The highest BCUT2D eigenvalue weighted by Gasteiger charge is 2.17. The monoisotopic (exact) mass is 309 g/mol. The Morgan fingerprint density at radius 3 is 2.00 bits per heavy atom. The fraction of sp³-hybridized carbons (Fsp3) is 0.143. The molecule has 0 unspecified atom stereocenters. The predicted molar refractivity (Wildman–Crippen MR) is 78.5 cm³/mol. The summed E-state index contributed by atoms with van der Waals surface area (Å²) in [6, 6.07) is 10.7. The number of phenols is 1. The molecule has 0 amide bonds. The number of sulfonamides is 1. The third-order valence-corrected chi connectivity index (χ3v) is 4.18. The smallest absolute Gasteiger partial charge is 0.261 e. The van der Waals surface area contributed by atoms with Gasteiger partial charge in [0, 0.05) is 12.1 Å². The van der Waals surface area contributed by atoms with Crippen molar-refractivity contribution in [1.82, 2.24) is 0 Å². The molecule has 0 saturated carbocycles. The molecular weight excluding hydrogens is 294 g/mol. The lowest BCUT2D eigenvalue weighted by Crippen LogP contribution is -2.13. The predicted octanol–water partition coefficient (Wildman–Crippen LogP) is 2.21. The minimum Gasteiger partial charge on any atom is -0.502 e. The number of rotatable bonds is 5. The Bertz CT molecular complexity index is 703. The Labute approximate surface area is 123 Å². The van der Waals surface area contributed by atoms with Gasteiger partial charge in [-0.1, -0.05) is 18.2 Å². The SMILES string of the molecule is COc1cc(NS(=O)(=O)c2ccccc2)cc(OC)c1O. The molecule has 0 aliphatic carbocycles. The summed E-state index contributed by atoms with van der Waals surface area (Å²) >= 11 is 0. The van der Waals surface area contributed by atoms with Crippen LogP contribution in [-0.2, 0) is 10.0 Å². The fourth-order valence-electron chi connectivity index (χ4n) is 1.77. The van der Waals surface area contributed by atoms with Crippen molar-refractivity contribution in [3.05, 3.63) is 42.5 Å². The van der Waals surface area contributed by atoms with Gasteiger partial charge in [-0.2, -0.15) is 0 Å². The number of phenolic OH excluding ortho intramolecular Hbond substituents is 1. The number of nitrogens with one attached hydrogen (secondary N) is 1. The molecule has 2 N–H and O–H groups in total. The zero-order chi connectivity index (χ0) is 15.5. The molecule has 0 heterocycles. The van der Waals surface area contributed by atoms with Crippen LogP contribution in [-0.4, -0.2) is 27.7 Å². The highest BCUT2D eigenvalue weighted by Crippen LogP contribution is 2.39. The molecule has 0 bridgehead atoms. The van der Waals surface area contributed by atoms with Gasteiger partial charge in [0.15, 0.2) is 11.5 Å². The Balaban J connectivity index is 2.40. The van der Waals surface area contributed by atoms with Gasteiger partial charge in [0.25, 0.3) is 10.0 Å². The molecule has 2 aromatic rings. The average molecular weight is 309 g/mol. The molecule has 0 saturated heterocycles. The molecule has 6 nitrogen and oxygen atoms in total. The lowest BCUT2D eigenvalue weighted by molar-refractivity contribution is 0.340. The molecule has 2 rings (SSSR count).